The van der Waals surface area contributed by atoms with Crippen LogP contribution in [0.15, 0.2) is 36.4 Å². The van der Waals surface area contributed by atoms with Crippen molar-refractivity contribution in [3.05, 3.63) is 58.1 Å². The number of hydrogen-bond acceptors (Lipinski definition) is 2. The summed E-state index contributed by atoms with van der Waals surface area (Å²) in [7, 11) is 0. The second-order valence-electron chi connectivity index (χ2n) is 4.90. The fraction of sp³-hybridized carbons (Fsp3) is 0.294. The van der Waals surface area contributed by atoms with Crippen LogP contribution >= 0.6 is 11.6 Å². The van der Waals surface area contributed by atoms with E-state index in [1.165, 1.54) is 5.56 Å². The standard InChI is InChI=1S/C17H20ClNO/c1-4-19-11-14-10-15(18)6-8-17(14)20-16-7-5-12(2)9-13(16)3/h5-10,19H,4,11H2,1-3H3. The number of rotatable bonds is 5. The smallest absolute Gasteiger partial charge is 0.132 e. The summed E-state index contributed by atoms with van der Waals surface area (Å²) in [6.45, 7) is 7.87. The molecule has 0 aliphatic rings. The SMILES string of the molecule is CCNCc1cc(Cl)ccc1Oc1ccc(C)cc1C. The van der Waals surface area contributed by atoms with E-state index >= 15 is 0 Å². The Morgan fingerprint density at radius 1 is 1.05 bits per heavy atom. The molecular formula is C17H20ClNO. The van der Waals surface area contributed by atoms with E-state index in [1.807, 2.05) is 24.3 Å². The van der Waals surface area contributed by atoms with E-state index in [9.17, 15) is 0 Å². The molecule has 0 aliphatic carbocycles. The van der Waals surface area contributed by atoms with Crippen molar-refractivity contribution >= 4 is 11.6 Å². The minimum Gasteiger partial charge on any atom is -0.457 e. The molecule has 3 heteroatoms. The highest BCUT2D eigenvalue weighted by Gasteiger charge is 2.07. The summed E-state index contributed by atoms with van der Waals surface area (Å²) in [5.41, 5.74) is 3.44. The van der Waals surface area contributed by atoms with Crippen LogP contribution in [0.5, 0.6) is 11.5 Å². The zero-order valence-corrected chi connectivity index (χ0v) is 12.9. The predicted molar refractivity (Wildman–Crippen MR) is 84.8 cm³/mol. The van der Waals surface area contributed by atoms with Gasteiger partial charge in [0.25, 0.3) is 0 Å². The summed E-state index contributed by atoms with van der Waals surface area (Å²) in [5.74, 6) is 1.73. The Hall–Kier alpha value is -1.51. The Morgan fingerprint density at radius 3 is 2.50 bits per heavy atom. The maximum Gasteiger partial charge on any atom is 0.132 e. The van der Waals surface area contributed by atoms with Crippen LogP contribution in [0.2, 0.25) is 5.02 Å². The molecule has 0 aromatic heterocycles. The average molecular weight is 290 g/mol. The third-order valence-corrected chi connectivity index (χ3v) is 3.37. The minimum absolute atomic E-state index is 0.728. The summed E-state index contributed by atoms with van der Waals surface area (Å²) in [5, 5.41) is 4.03. The highest BCUT2D eigenvalue weighted by Crippen LogP contribution is 2.30. The van der Waals surface area contributed by atoms with Crippen molar-refractivity contribution in [3.8, 4) is 11.5 Å². The molecule has 0 radical (unpaired) electrons. The Morgan fingerprint density at radius 2 is 1.80 bits per heavy atom. The van der Waals surface area contributed by atoms with Gasteiger partial charge in [-0.2, -0.15) is 0 Å². The average Bonchev–Trinajstić information content (AvgIpc) is 2.41. The highest BCUT2D eigenvalue weighted by molar-refractivity contribution is 6.30. The van der Waals surface area contributed by atoms with Gasteiger partial charge < -0.3 is 10.1 Å². The third-order valence-electron chi connectivity index (χ3n) is 3.14. The monoisotopic (exact) mass is 289 g/mol. The number of benzene rings is 2. The van der Waals surface area contributed by atoms with Gasteiger partial charge in [-0.1, -0.05) is 36.2 Å². The van der Waals surface area contributed by atoms with Crippen molar-refractivity contribution < 1.29 is 4.74 Å². The van der Waals surface area contributed by atoms with Crippen molar-refractivity contribution in [3.63, 3.8) is 0 Å². The first-order valence-corrected chi connectivity index (χ1v) is 7.22. The number of halogens is 1. The Labute approximate surface area is 125 Å². The van der Waals surface area contributed by atoms with E-state index in [0.29, 0.717) is 0 Å². The number of aryl methyl sites for hydroxylation is 2. The summed E-state index contributed by atoms with van der Waals surface area (Å²) >= 11 is 6.07. The molecule has 2 aromatic rings. The fourth-order valence-electron chi connectivity index (χ4n) is 2.08. The minimum atomic E-state index is 0.728. The van der Waals surface area contributed by atoms with E-state index in [1.54, 1.807) is 0 Å². The summed E-state index contributed by atoms with van der Waals surface area (Å²) in [6.07, 6.45) is 0. The lowest BCUT2D eigenvalue weighted by Gasteiger charge is -2.14. The van der Waals surface area contributed by atoms with E-state index in [0.717, 1.165) is 40.7 Å². The van der Waals surface area contributed by atoms with Crippen molar-refractivity contribution in [1.29, 1.82) is 0 Å². The van der Waals surface area contributed by atoms with Gasteiger partial charge in [0.15, 0.2) is 0 Å². The Balaban J connectivity index is 2.27. The van der Waals surface area contributed by atoms with E-state index in [-0.39, 0.29) is 0 Å². The predicted octanol–water partition coefficient (Wildman–Crippen LogP) is 4.86. The van der Waals surface area contributed by atoms with Crippen molar-refractivity contribution in [2.24, 2.45) is 0 Å². The van der Waals surface area contributed by atoms with Gasteiger partial charge in [-0.05, 0) is 50.2 Å². The van der Waals surface area contributed by atoms with Gasteiger partial charge in [-0.15, -0.1) is 0 Å². The summed E-state index contributed by atoms with van der Waals surface area (Å²) in [6, 6.07) is 11.9. The first-order valence-electron chi connectivity index (χ1n) is 6.84. The first kappa shape index (κ1) is 14.9. The Bertz CT molecular complexity index is 596. The van der Waals surface area contributed by atoms with Crippen LogP contribution in [-0.4, -0.2) is 6.54 Å². The molecule has 0 spiro atoms. The molecule has 0 unspecified atom stereocenters. The van der Waals surface area contributed by atoms with E-state index in [4.69, 9.17) is 16.3 Å². The fourth-order valence-corrected chi connectivity index (χ4v) is 2.27. The van der Waals surface area contributed by atoms with Crippen LogP contribution in [0, 0.1) is 13.8 Å². The molecule has 0 amide bonds. The van der Waals surface area contributed by atoms with Gasteiger partial charge in [-0.25, -0.2) is 0 Å². The van der Waals surface area contributed by atoms with Gasteiger partial charge >= 0.3 is 0 Å². The van der Waals surface area contributed by atoms with Crippen LogP contribution in [0.4, 0.5) is 0 Å². The van der Waals surface area contributed by atoms with Crippen molar-refractivity contribution in [1.82, 2.24) is 5.32 Å². The maximum absolute atomic E-state index is 6.07. The van der Waals surface area contributed by atoms with E-state index < -0.39 is 0 Å². The molecule has 0 atom stereocenters. The van der Waals surface area contributed by atoms with Gasteiger partial charge in [-0.3, -0.25) is 0 Å². The zero-order chi connectivity index (χ0) is 14.5. The molecular weight excluding hydrogens is 270 g/mol. The van der Waals surface area contributed by atoms with Crippen molar-refractivity contribution in [2.75, 3.05) is 6.54 Å². The van der Waals surface area contributed by atoms with Gasteiger partial charge in [0.05, 0.1) is 0 Å². The quantitative estimate of drug-likeness (QED) is 0.849. The molecule has 0 saturated heterocycles. The molecule has 2 aromatic carbocycles. The number of hydrogen-bond donors (Lipinski definition) is 1. The highest BCUT2D eigenvalue weighted by atomic mass is 35.5. The molecule has 106 valence electrons. The van der Waals surface area contributed by atoms with Crippen molar-refractivity contribution in [2.45, 2.75) is 27.3 Å². The lowest BCUT2D eigenvalue weighted by atomic mass is 10.1. The molecule has 20 heavy (non-hydrogen) atoms. The van der Waals surface area contributed by atoms with Gasteiger partial charge in [0.1, 0.15) is 11.5 Å². The number of ether oxygens (including phenoxy) is 1. The molecule has 0 heterocycles. The van der Waals surface area contributed by atoms with Gasteiger partial charge in [0, 0.05) is 17.1 Å². The lowest BCUT2D eigenvalue weighted by molar-refractivity contribution is 0.469. The summed E-state index contributed by atoms with van der Waals surface area (Å²) < 4.78 is 6.05. The normalized spacial score (nSPS) is 10.6. The second-order valence-corrected chi connectivity index (χ2v) is 5.34. The van der Waals surface area contributed by atoms with Crippen LogP contribution in [0.1, 0.15) is 23.6 Å². The topological polar surface area (TPSA) is 21.3 Å². The Kier molecular flexibility index (Phi) is 5.05. The third kappa shape index (κ3) is 3.75. The molecule has 0 saturated carbocycles. The molecule has 0 bridgehead atoms. The summed E-state index contributed by atoms with van der Waals surface area (Å²) in [4.78, 5) is 0. The molecule has 0 fully saturated rings. The molecule has 2 rings (SSSR count). The lowest BCUT2D eigenvalue weighted by Crippen LogP contribution is -2.12. The van der Waals surface area contributed by atoms with Crippen LogP contribution in [0.25, 0.3) is 0 Å². The van der Waals surface area contributed by atoms with Crippen LogP contribution in [0.3, 0.4) is 0 Å². The van der Waals surface area contributed by atoms with Crippen LogP contribution in [-0.2, 0) is 6.54 Å². The van der Waals surface area contributed by atoms with Gasteiger partial charge in [0.2, 0.25) is 0 Å². The van der Waals surface area contributed by atoms with Crippen LogP contribution < -0.4 is 10.1 Å². The zero-order valence-electron chi connectivity index (χ0n) is 12.2. The molecule has 2 nitrogen and oxygen atoms in total. The first-order chi connectivity index (χ1) is 9.60. The molecule has 0 aliphatic heterocycles. The molecule has 1 N–H and O–H groups in total. The number of nitrogens with one attached hydrogen (secondary N) is 1. The largest absolute Gasteiger partial charge is 0.457 e. The van der Waals surface area contributed by atoms with E-state index in [2.05, 4.69) is 38.2 Å². The maximum atomic E-state index is 6.07. The second kappa shape index (κ2) is 6.78.